The fourth-order valence-corrected chi connectivity index (χ4v) is 3.38. The second-order valence-electron chi connectivity index (χ2n) is 6.23. The molecule has 2 heterocycles. The molecular weight excluding hydrogens is 366 g/mol. The molecule has 0 aliphatic carbocycles. The number of benzene rings is 2. The van der Waals surface area contributed by atoms with E-state index >= 15 is 0 Å². The summed E-state index contributed by atoms with van der Waals surface area (Å²) in [6.45, 7) is 0. The maximum atomic E-state index is 12.8. The van der Waals surface area contributed by atoms with Crippen molar-refractivity contribution >= 4 is 23.4 Å². The number of aromatic hydroxyl groups is 1. The van der Waals surface area contributed by atoms with E-state index in [0.717, 1.165) is 5.56 Å². The Morgan fingerprint density at radius 1 is 1.15 bits per heavy atom. The van der Waals surface area contributed by atoms with Gasteiger partial charge in [0.15, 0.2) is 5.78 Å². The molecule has 1 atom stereocenters. The molecule has 0 spiro atoms. The van der Waals surface area contributed by atoms with Gasteiger partial charge in [0.25, 0.3) is 0 Å². The highest BCUT2D eigenvalue weighted by atomic mass is 35.5. The van der Waals surface area contributed by atoms with Crippen LogP contribution in [0, 0.1) is 0 Å². The van der Waals surface area contributed by atoms with Gasteiger partial charge in [-0.3, -0.25) is 14.6 Å². The molecule has 3 aromatic rings. The van der Waals surface area contributed by atoms with Crippen molar-refractivity contribution in [3.63, 3.8) is 0 Å². The van der Waals surface area contributed by atoms with Gasteiger partial charge in [0.1, 0.15) is 11.5 Å². The molecule has 1 N–H and O–H groups in total. The number of pyridine rings is 1. The molecule has 0 amide bonds. The van der Waals surface area contributed by atoms with Crippen molar-refractivity contribution in [2.24, 2.45) is 0 Å². The molecule has 5 nitrogen and oxygen atoms in total. The van der Waals surface area contributed by atoms with Crippen molar-refractivity contribution in [3.05, 3.63) is 88.2 Å². The van der Waals surface area contributed by atoms with E-state index in [0.29, 0.717) is 16.1 Å². The van der Waals surface area contributed by atoms with Crippen LogP contribution >= 0.6 is 11.6 Å². The summed E-state index contributed by atoms with van der Waals surface area (Å²) in [5.74, 6) is -1.10. The van der Waals surface area contributed by atoms with Crippen molar-refractivity contribution in [2.75, 3.05) is 0 Å². The van der Waals surface area contributed by atoms with Crippen LogP contribution in [0.15, 0.2) is 60.9 Å². The predicted octanol–water partition coefficient (Wildman–Crippen LogP) is 4.11. The number of esters is 1. The summed E-state index contributed by atoms with van der Waals surface area (Å²) in [6.07, 6.45) is 3.33. The zero-order chi connectivity index (χ0) is 19.0. The molecule has 2 aromatic carbocycles. The van der Waals surface area contributed by atoms with Gasteiger partial charge >= 0.3 is 5.97 Å². The normalized spacial score (nSPS) is 15.7. The average molecular weight is 380 g/mol. The van der Waals surface area contributed by atoms with Gasteiger partial charge in [-0.25, -0.2) is 0 Å². The first-order valence-electron chi connectivity index (χ1n) is 8.31. The molecule has 27 heavy (non-hydrogen) atoms. The molecule has 1 aromatic heterocycles. The van der Waals surface area contributed by atoms with Gasteiger partial charge in [0.2, 0.25) is 0 Å². The van der Waals surface area contributed by atoms with Crippen molar-refractivity contribution < 1.29 is 19.4 Å². The number of hydrogen-bond donors (Lipinski definition) is 1. The lowest BCUT2D eigenvalue weighted by atomic mass is 9.84. The van der Waals surface area contributed by atoms with Crippen molar-refractivity contribution in [3.8, 4) is 11.5 Å². The number of halogens is 1. The Bertz CT molecular complexity index is 1030. The van der Waals surface area contributed by atoms with E-state index < -0.39 is 11.9 Å². The van der Waals surface area contributed by atoms with Gasteiger partial charge in [-0.1, -0.05) is 17.7 Å². The first-order chi connectivity index (χ1) is 13.0. The van der Waals surface area contributed by atoms with Crippen molar-refractivity contribution in [1.29, 1.82) is 0 Å². The van der Waals surface area contributed by atoms with Crippen LogP contribution in [-0.2, 0) is 4.79 Å². The minimum atomic E-state index is -0.437. The average Bonchev–Trinajstić information content (AvgIpc) is 2.68. The molecule has 0 saturated heterocycles. The maximum Gasteiger partial charge on any atom is 0.312 e. The SMILES string of the molecule is O=C1CC(c2cccnc2)c2c(ccc(C(=O)c3ccc(Cl)cc3)c2O)O1. The molecule has 1 aliphatic heterocycles. The first kappa shape index (κ1) is 17.2. The topological polar surface area (TPSA) is 76.5 Å². The Morgan fingerprint density at radius 2 is 1.93 bits per heavy atom. The zero-order valence-corrected chi connectivity index (χ0v) is 14.8. The van der Waals surface area contributed by atoms with Crippen molar-refractivity contribution in [1.82, 2.24) is 4.98 Å². The van der Waals surface area contributed by atoms with Crippen LogP contribution in [0.1, 0.15) is 39.4 Å². The van der Waals surface area contributed by atoms with Crippen LogP contribution in [0.3, 0.4) is 0 Å². The summed E-state index contributed by atoms with van der Waals surface area (Å²) >= 11 is 5.87. The third-order valence-electron chi connectivity index (χ3n) is 4.56. The Balaban J connectivity index is 1.83. The summed E-state index contributed by atoms with van der Waals surface area (Å²) in [6, 6.07) is 13.0. The Hall–Kier alpha value is -3.18. The van der Waals surface area contributed by atoms with Gasteiger partial charge in [-0.05, 0) is 48.0 Å². The fourth-order valence-electron chi connectivity index (χ4n) is 3.25. The van der Waals surface area contributed by atoms with E-state index in [1.807, 2.05) is 6.07 Å². The third-order valence-corrected chi connectivity index (χ3v) is 4.81. The van der Waals surface area contributed by atoms with E-state index in [4.69, 9.17) is 16.3 Å². The Kier molecular flexibility index (Phi) is 4.38. The van der Waals surface area contributed by atoms with Gasteiger partial charge in [0, 0.05) is 34.5 Å². The smallest absolute Gasteiger partial charge is 0.312 e. The number of rotatable bonds is 3. The number of fused-ring (bicyclic) bond motifs is 1. The number of hydrogen-bond acceptors (Lipinski definition) is 5. The minimum absolute atomic E-state index is 0.0604. The number of ketones is 1. The van der Waals surface area contributed by atoms with Crippen LogP contribution in [0.2, 0.25) is 5.02 Å². The molecular formula is C21H14ClNO4. The second kappa shape index (κ2) is 6.85. The van der Waals surface area contributed by atoms with Crippen LogP contribution < -0.4 is 4.74 Å². The summed E-state index contributed by atoms with van der Waals surface area (Å²) < 4.78 is 5.27. The number of nitrogens with zero attached hydrogens (tertiary/aromatic N) is 1. The van der Waals surface area contributed by atoms with Gasteiger partial charge in [0.05, 0.1) is 12.0 Å². The lowest BCUT2D eigenvalue weighted by molar-refractivity contribution is -0.135. The van der Waals surface area contributed by atoms with Gasteiger partial charge in [-0.2, -0.15) is 0 Å². The Labute approximate surface area is 160 Å². The van der Waals surface area contributed by atoms with Crippen LogP contribution in [-0.4, -0.2) is 21.8 Å². The number of phenols is 1. The second-order valence-corrected chi connectivity index (χ2v) is 6.66. The zero-order valence-electron chi connectivity index (χ0n) is 14.1. The maximum absolute atomic E-state index is 12.8. The van der Waals surface area contributed by atoms with Crippen LogP contribution in [0.5, 0.6) is 11.5 Å². The fraction of sp³-hybridized carbons (Fsp3) is 0.0952. The molecule has 0 bridgehead atoms. The monoisotopic (exact) mass is 379 g/mol. The number of aromatic nitrogens is 1. The number of phenolic OH excluding ortho intramolecular Hbond substituents is 1. The first-order valence-corrected chi connectivity index (χ1v) is 8.69. The van der Waals surface area contributed by atoms with E-state index in [1.54, 1.807) is 48.8 Å². The molecule has 6 heteroatoms. The van der Waals surface area contributed by atoms with E-state index in [2.05, 4.69) is 4.98 Å². The number of ether oxygens (including phenoxy) is 1. The molecule has 0 saturated carbocycles. The molecule has 0 fully saturated rings. The number of carbonyl (C=O) groups is 2. The van der Waals surface area contributed by atoms with Gasteiger partial charge < -0.3 is 9.84 Å². The van der Waals surface area contributed by atoms with E-state index in [9.17, 15) is 14.7 Å². The molecule has 134 valence electrons. The van der Waals surface area contributed by atoms with Crippen LogP contribution in [0.4, 0.5) is 0 Å². The minimum Gasteiger partial charge on any atom is -0.507 e. The number of carbonyl (C=O) groups excluding carboxylic acids is 2. The quantitative estimate of drug-likeness (QED) is 0.421. The summed E-state index contributed by atoms with van der Waals surface area (Å²) in [7, 11) is 0. The third kappa shape index (κ3) is 3.17. The molecule has 1 unspecified atom stereocenters. The molecule has 4 rings (SSSR count). The highest BCUT2D eigenvalue weighted by molar-refractivity contribution is 6.30. The summed E-state index contributed by atoms with van der Waals surface area (Å²) in [5.41, 5.74) is 1.73. The molecule has 0 radical (unpaired) electrons. The lowest BCUT2D eigenvalue weighted by Crippen LogP contribution is -2.22. The lowest BCUT2D eigenvalue weighted by Gasteiger charge is -2.26. The summed E-state index contributed by atoms with van der Waals surface area (Å²) in [4.78, 5) is 28.9. The summed E-state index contributed by atoms with van der Waals surface area (Å²) in [5, 5.41) is 11.4. The molecule has 1 aliphatic rings. The van der Waals surface area contributed by atoms with Gasteiger partial charge in [-0.15, -0.1) is 0 Å². The predicted molar refractivity (Wildman–Crippen MR) is 99.3 cm³/mol. The highest BCUT2D eigenvalue weighted by Gasteiger charge is 2.33. The van der Waals surface area contributed by atoms with E-state index in [-0.39, 0.29) is 29.3 Å². The largest absolute Gasteiger partial charge is 0.507 e. The van der Waals surface area contributed by atoms with E-state index in [1.165, 1.54) is 6.07 Å². The van der Waals surface area contributed by atoms with Crippen LogP contribution in [0.25, 0.3) is 0 Å². The Morgan fingerprint density at radius 3 is 2.63 bits per heavy atom. The van der Waals surface area contributed by atoms with Crippen molar-refractivity contribution in [2.45, 2.75) is 12.3 Å². The highest BCUT2D eigenvalue weighted by Crippen LogP contribution is 2.45. The standard InChI is InChI=1S/C21H14ClNO4/c22-14-5-3-12(4-6-14)20(25)15-7-8-17-19(21(15)26)16(10-18(24)27-17)13-2-1-9-23-11-13/h1-9,11,16,26H,10H2.